The summed E-state index contributed by atoms with van der Waals surface area (Å²) in [5.41, 5.74) is 5.15. The molecule has 1 aliphatic rings. The normalized spacial score (nSPS) is 13.0. The molecule has 0 saturated heterocycles. The van der Waals surface area contributed by atoms with E-state index in [9.17, 15) is 0 Å². The quantitative estimate of drug-likeness (QED) is 0.773. The topological polar surface area (TPSA) is 50.8 Å². The molecule has 0 bridgehead atoms. The van der Waals surface area contributed by atoms with Crippen molar-refractivity contribution in [1.29, 1.82) is 0 Å². The summed E-state index contributed by atoms with van der Waals surface area (Å²) in [6, 6.07) is 12.2. The molecule has 4 heteroatoms. The van der Waals surface area contributed by atoms with E-state index in [1.54, 1.807) is 6.20 Å². The number of ether oxygens (including phenoxy) is 1. The summed E-state index contributed by atoms with van der Waals surface area (Å²) in [5, 5.41) is 7.26. The number of hydrogen-bond acceptors (Lipinski definition) is 3. The van der Waals surface area contributed by atoms with E-state index < -0.39 is 0 Å². The first-order valence-electron chi connectivity index (χ1n) is 6.63. The molecule has 0 fully saturated rings. The highest BCUT2D eigenvalue weighted by molar-refractivity contribution is 5.79. The Morgan fingerprint density at radius 3 is 3.05 bits per heavy atom. The Morgan fingerprint density at radius 2 is 2.15 bits per heavy atom. The number of pyridine rings is 1. The molecular formula is C16H13N3O. The van der Waals surface area contributed by atoms with E-state index in [0.717, 1.165) is 41.3 Å². The zero-order valence-corrected chi connectivity index (χ0v) is 10.8. The van der Waals surface area contributed by atoms with Crippen LogP contribution < -0.4 is 4.74 Å². The third kappa shape index (κ3) is 1.77. The highest BCUT2D eigenvalue weighted by atomic mass is 16.5. The predicted octanol–water partition coefficient (Wildman–Crippen LogP) is 3.07. The molecule has 0 amide bonds. The van der Waals surface area contributed by atoms with Gasteiger partial charge in [0.15, 0.2) is 0 Å². The van der Waals surface area contributed by atoms with Gasteiger partial charge in [0.05, 0.1) is 12.3 Å². The van der Waals surface area contributed by atoms with Crippen LogP contribution in [-0.2, 0) is 6.42 Å². The molecule has 1 aromatic carbocycles. The number of hydrogen-bond donors (Lipinski definition) is 1. The van der Waals surface area contributed by atoms with Gasteiger partial charge in [0.2, 0.25) is 0 Å². The molecule has 4 rings (SSSR count). The average molecular weight is 263 g/mol. The van der Waals surface area contributed by atoms with Crippen molar-refractivity contribution in [3.8, 4) is 28.3 Å². The van der Waals surface area contributed by atoms with Crippen LogP contribution >= 0.6 is 0 Å². The molecule has 0 aliphatic carbocycles. The van der Waals surface area contributed by atoms with Crippen molar-refractivity contribution in [2.24, 2.45) is 0 Å². The number of benzene rings is 1. The molecule has 0 radical (unpaired) electrons. The second kappa shape index (κ2) is 4.49. The number of aromatic amines is 1. The van der Waals surface area contributed by atoms with Gasteiger partial charge in [0, 0.05) is 24.4 Å². The van der Waals surface area contributed by atoms with Gasteiger partial charge in [-0.05, 0) is 29.3 Å². The van der Waals surface area contributed by atoms with Crippen LogP contribution in [-0.4, -0.2) is 21.8 Å². The Bertz CT molecular complexity index is 749. The zero-order chi connectivity index (χ0) is 13.4. The van der Waals surface area contributed by atoms with Gasteiger partial charge < -0.3 is 4.74 Å². The maximum atomic E-state index is 5.64. The molecule has 20 heavy (non-hydrogen) atoms. The lowest BCUT2D eigenvalue weighted by Crippen LogP contribution is -1.87. The van der Waals surface area contributed by atoms with E-state index >= 15 is 0 Å². The van der Waals surface area contributed by atoms with Crippen LogP contribution in [0.3, 0.4) is 0 Å². The predicted molar refractivity (Wildman–Crippen MR) is 76.5 cm³/mol. The molecule has 0 unspecified atom stereocenters. The fourth-order valence-electron chi connectivity index (χ4n) is 2.54. The number of fused-ring (bicyclic) bond motifs is 1. The van der Waals surface area contributed by atoms with Crippen molar-refractivity contribution in [1.82, 2.24) is 15.2 Å². The molecular weight excluding hydrogens is 250 g/mol. The van der Waals surface area contributed by atoms with E-state index in [0.29, 0.717) is 0 Å². The van der Waals surface area contributed by atoms with Crippen molar-refractivity contribution >= 4 is 0 Å². The first-order valence-corrected chi connectivity index (χ1v) is 6.63. The Hall–Kier alpha value is -2.62. The number of nitrogens with one attached hydrogen (secondary N) is 1. The second-order valence-corrected chi connectivity index (χ2v) is 4.78. The van der Waals surface area contributed by atoms with E-state index in [1.165, 1.54) is 5.56 Å². The summed E-state index contributed by atoms with van der Waals surface area (Å²) in [6.07, 6.45) is 4.67. The first kappa shape index (κ1) is 11.2. The molecule has 0 spiro atoms. The fourth-order valence-corrected chi connectivity index (χ4v) is 2.54. The monoisotopic (exact) mass is 263 g/mol. The van der Waals surface area contributed by atoms with Gasteiger partial charge in [0.25, 0.3) is 0 Å². The molecule has 98 valence electrons. The molecule has 1 aliphatic heterocycles. The van der Waals surface area contributed by atoms with Crippen LogP contribution in [0.4, 0.5) is 0 Å². The molecule has 3 aromatic rings. The van der Waals surface area contributed by atoms with E-state index in [2.05, 4.69) is 33.4 Å². The molecule has 1 N–H and O–H groups in total. The van der Waals surface area contributed by atoms with E-state index in [1.807, 2.05) is 24.4 Å². The van der Waals surface area contributed by atoms with Crippen LogP contribution in [0.2, 0.25) is 0 Å². The molecule has 4 nitrogen and oxygen atoms in total. The minimum absolute atomic E-state index is 0.775. The van der Waals surface area contributed by atoms with Crippen molar-refractivity contribution in [3.05, 3.63) is 54.4 Å². The summed E-state index contributed by atoms with van der Waals surface area (Å²) in [4.78, 5) is 4.37. The highest BCUT2D eigenvalue weighted by Gasteiger charge is 2.16. The lowest BCUT2D eigenvalue weighted by atomic mass is 10.0. The Kier molecular flexibility index (Phi) is 2.52. The number of H-pyrrole nitrogens is 1. The van der Waals surface area contributed by atoms with Crippen molar-refractivity contribution in [3.63, 3.8) is 0 Å². The SMILES string of the molecule is c1ccc(-c2n[nH]cc2-c2ccc3c(c2)OCC3)nc1. The van der Waals surface area contributed by atoms with Gasteiger partial charge >= 0.3 is 0 Å². The Morgan fingerprint density at radius 1 is 1.15 bits per heavy atom. The van der Waals surface area contributed by atoms with E-state index in [-0.39, 0.29) is 0 Å². The van der Waals surface area contributed by atoms with Crippen molar-refractivity contribution in [2.45, 2.75) is 6.42 Å². The lowest BCUT2D eigenvalue weighted by molar-refractivity contribution is 0.357. The summed E-state index contributed by atoms with van der Waals surface area (Å²) in [7, 11) is 0. The van der Waals surface area contributed by atoms with Gasteiger partial charge in [-0.2, -0.15) is 5.10 Å². The average Bonchev–Trinajstić information content (AvgIpc) is 3.16. The second-order valence-electron chi connectivity index (χ2n) is 4.78. The number of nitrogens with zero attached hydrogens (tertiary/aromatic N) is 2. The summed E-state index contributed by atoms with van der Waals surface area (Å²) < 4.78 is 5.64. The maximum Gasteiger partial charge on any atom is 0.123 e. The minimum Gasteiger partial charge on any atom is -0.493 e. The third-order valence-electron chi connectivity index (χ3n) is 3.56. The smallest absolute Gasteiger partial charge is 0.123 e. The molecule has 2 aromatic heterocycles. The van der Waals surface area contributed by atoms with Crippen LogP contribution in [0.15, 0.2) is 48.8 Å². The van der Waals surface area contributed by atoms with Gasteiger partial charge in [-0.3, -0.25) is 10.1 Å². The maximum absolute atomic E-state index is 5.64. The van der Waals surface area contributed by atoms with Gasteiger partial charge in [-0.25, -0.2) is 0 Å². The molecule has 0 saturated carbocycles. The number of aromatic nitrogens is 3. The van der Waals surface area contributed by atoms with Gasteiger partial charge in [-0.1, -0.05) is 18.2 Å². The van der Waals surface area contributed by atoms with Gasteiger partial charge in [-0.15, -0.1) is 0 Å². The number of rotatable bonds is 2. The van der Waals surface area contributed by atoms with Crippen LogP contribution in [0, 0.1) is 0 Å². The lowest BCUT2D eigenvalue weighted by Gasteiger charge is -2.05. The third-order valence-corrected chi connectivity index (χ3v) is 3.56. The Labute approximate surface area is 116 Å². The van der Waals surface area contributed by atoms with Crippen LogP contribution in [0.1, 0.15) is 5.56 Å². The summed E-state index contributed by atoms with van der Waals surface area (Å²) in [5.74, 6) is 0.982. The van der Waals surface area contributed by atoms with E-state index in [4.69, 9.17) is 4.74 Å². The summed E-state index contributed by atoms with van der Waals surface area (Å²) >= 11 is 0. The minimum atomic E-state index is 0.775. The summed E-state index contributed by atoms with van der Waals surface area (Å²) in [6.45, 7) is 0.775. The van der Waals surface area contributed by atoms with Crippen LogP contribution in [0.25, 0.3) is 22.5 Å². The van der Waals surface area contributed by atoms with Gasteiger partial charge in [0.1, 0.15) is 11.4 Å². The molecule has 0 atom stereocenters. The van der Waals surface area contributed by atoms with Crippen molar-refractivity contribution in [2.75, 3.05) is 6.61 Å². The first-order chi connectivity index (χ1) is 9.92. The standard InChI is InChI=1S/C16H13N3O/c1-2-7-17-14(3-1)16-13(10-18-19-16)12-5-4-11-6-8-20-15(11)9-12/h1-5,7,9-10H,6,8H2,(H,18,19). The zero-order valence-electron chi connectivity index (χ0n) is 10.8. The van der Waals surface area contributed by atoms with Crippen molar-refractivity contribution < 1.29 is 4.74 Å². The largest absolute Gasteiger partial charge is 0.493 e. The Balaban J connectivity index is 1.82. The molecule has 3 heterocycles. The fraction of sp³-hybridized carbons (Fsp3) is 0.125. The highest BCUT2D eigenvalue weighted by Crippen LogP contribution is 2.34. The van der Waals surface area contributed by atoms with Crippen LogP contribution in [0.5, 0.6) is 5.75 Å².